The Kier molecular flexibility index (Phi) is 10.6. The summed E-state index contributed by atoms with van der Waals surface area (Å²) in [6.07, 6.45) is 3.57. The summed E-state index contributed by atoms with van der Waals surface area (Å²) < 4.78 is 13.6. The van der Waals surface area contributed by atoms with E-state index in [1.54, 1.807) is 34.1 Å². The Bertz CT molecular complexity index is 1860. The van der Waals surface area contributed by atoms with Crippen LogP contribution in [0.1, 0.15) is 46.3 Å². The monoisotopic (exact) mass is 674 g/mol. The minimum atomic E-state index is -1.61. The third-order valence-corrected chi connectivity index (χ3v) is 8.52. The average Bonchev–Trinajstić information content (AvgIpc) is 3.52. The maximum atomic E-state index is 13.3. The number of hydrogen-bond donors (Lipinski definition) is 3. The first-order valence-corrected chi connectivity index (χ1v) is 15.7. The van der Waals surface area contributed by atoms with E-state index < -0.39 is 30.3 Å². The molecule has 48 heavy (non-hydrogen) atoms. The fraction of sp³-hybridized carbons (Fsp3) is 0.286. The van der Waals surface area contributed by atoms with Gasteiger partial charge in [-0.15, -0.1) is 0 Å². The van der Waals surface area contributed by atoms with Gasteiger partial charge in [-0.25, -0.2) is 4.79 Å². The van der Waals surface area contributed by atoms with Gasteiger partial charge in [-0.3, -0.25) is 19.1 Å². The van der Waals surface area contributed by atoms with Gasteiger partial charge in [0.05, 0.1) is 48.6 Å². The number of aryl methyl sites for hydroxylation is 1. The number of carboxylic acids is 2. The lowest BCUT2D eigenvalue weighted by atomic mass is 10.1. The van der Waals surface area contributed by atoms with Gasteiger partial charge >= 0.3 is 11.9 Å². The highest BCUT2D eigenvalue weighted by Gasteiger charge is 2.27. The molecule has 1 aliphatic rings. The van der Waals surface area contributed by atoms with Crippen LogP contribution in [0.15, 0.2) is 67.0 Å². The van der Waals surface area contributed by atoms with E-state index in [9.17, 15) is 24.3 Å². The summed E-state index contributed by atoms with van der Waals surface area (Å²) in [4.78, 5) is 50.3. The van der Waals surface area contributed by atoms with Gasteiger partial charge in [-0.05, 0) is 55.2 Å². The van der Waals surface area contributed by atoms with Crippen LogP contribution in [0.2, 0.25) is 5.02 Å². The minimum absolute atomic E-state index is 0.00492. The largest absolute Gasteiger partial charge is 0.493 e. The van der Waals surface area contributed by atoms with Crippen LogP contribution in [0.3, 0.4) is 0 Å². The normalized spacial score (nSPS) is 12.9. The van der Waals surface area contributed by atoms with Crippen LogP contribution in [0.5, 0.6) is 11.5 Å². The number of hydrogen-bond acceptors (Lipinski definition) is 7. The molecule has 0 radical (unpaired) electrons. The first-order chi connectivity index (χ1) is 23.0. The van der Waals surface area contributed by atoms with E-state index in [1.165, 1.54) is 6.07 Å². The van der Waals surface area contributed by atoms with Crippen LogP contribution in [0.4, 0.5) is 5.69 Å². The maximum absolute atomic E-state index is 13.3. The Morgan fingerprint density at radius 2 is 1.83 bits per heavy atom. The standard InChI is InChI=1S/C35H35ClN4O8/c1-21-7-3-12-29(22(21)2)47-15-6-13-30(41)40-14-16-48-33-25(9-5-11-28(33)40)24-18-37-39(20-24)19-23-8-4-10-26(32(23)36)34(44)38-27(35(45)46)17-31(42)43/h3-5,7-12,18,20,27H,6,13-17,19H2,1-2H3,(H,38,44)(H,42,43)(H,45,46). The average molecular weight is 675 g/mol. The van der Waals surface area contributed by atoms with E-state index in [0.717, 1.165) is 28.0 Å². The van der Waals surface area contributed by atoms with E-state index in [-0.39, 0.29) is 23.0 Å². The molecule has 2 heterocycles. The summed E-state index contributed by atoms with van der Waals surface area (Å²) in [6, 6.07) is 14.6. The highest BCUT2D eigenvalue weighted by Crippen LogP contribution is 2.41. The predicted molar refractivity (Wildman–Crippen MR) is 178 cm³/mol. The second kappa shape index (κ2) is 15.0. The van der Waals surface area contributed by atoms with Crippen molar-refractivity contribution in [1.82, 2.24) is 15.1 Å². The number of carboxylic acid groups (broad SMARTS) is 2. The highest BCUT2D eigenvalue weighted by molar-refractivity contribution is 6.34. The number of aliphatic carboxylic acids is 2. The Morgan fingerprint density at radius 3 is 2.60 bits per heavy atom. The number of nitrogens with one attached hydrogen (secondary N) is 1. The minimum Gasteiger partial charge on any atom is -0.493 e. The van der Waals surface area contributed by atoms with Crippen molar-refractivity contribution in [2.24, 2.45) is 0 Å². The van der Waals surface area contributed by atoms with Gasteiger partial charge in [0, 0.05) is 23.7 Å². The second-order valence-electron chi connectivity index (χ2n) is 11.4. The summed E-state index contributed by atoms with van der Waals surface area (Å²) in [6.45, 7) is 5.43. The van der Waals surface area contributed by atoms with Crippen LogP contribution in [0.25, 0.3) is 11.1 Å². The number of carbonyl (C=O) groups is 4. The molecule has 12 nitrogen and oxygen atoms in total. The van der Waals surface area contributed by atoms with E-state index in [0.29, 0.717) is 49.6 Å². The summed E-state index contributed by atoms with van der Waals surface area (Å²) in [5, 5.41) is 25.0. The molecule has 1 aliphatic heterocycles. The molecule has 0 bridgehead atoms. The number of anilines is 1. The quantitative estimate of drug-likeness (QED) is 0.164. The van der Waals surface area contributed by atoms with Crippen molar-refractivity contribution in [1.29, 1.82) is 0 Å². The number of para-hydroxylation sites is 1. The molecule has 1 aromatic heterocycles. The van der Waals surface area contributed by atoms with Crippen molar-refractivity contribution >= 4 is 41.0 Å². The molecule has 0 saturated carbocycles. The third-order valence-electron chi connectivity index (χ3n) is 8.08. The molecule has 0 saturated heterocycles. The van der Waals surface area contributed by atoms with Crippen LogP contribution in [-0.4, -0.2) is 69.5 Å². The topological polar surface area (TPSA) is 160 Å². The molecule has 4 aromatic rings. The summed E-state index contributed by atoms with van der Waals surface area (Å²) in [5.41, 5.74) is 4.96. The SMILES string of the molecule is Cc1cccc(OCCCC(=O)N2CCOc3c(-c4cnn(Cc5cccc(C(=O)NC(CC(=O)O)C(=O)O)c5Cl)c4)cccc32)c1C. The third kappa shape index (κ3) is 7.77. The molecule has 0 spiro atoms. The van der Waals surface area contributed by atoms with Crippen molar-refractivity contribution in [2.75, 3.05) is 24.7 Å². The summed E-state index contributed by atoms with van der Waals surface area (Å²) in [7, 11) is 0. The van der Waals surface area contributed by atoms with Gasteiger partial charge in [0.2, 0.25) is 5.91 Å². The van der Waals surface area contributed by atoms with Crippen molar-refractivity contribution in [3.05, 3.63) is 94.3 Å². The van der Waals surface area contributed by atoms with E-state index >= 15 is 0 Å². The molecular formula is C35H35ClN4O8. The van der Waals surface area contributed by atoms with Crippen molar-refractivity contribution in [2.45, 2.75) is 45.7 Å². The fourth-order valence-corrected chi connectivity index (χ4v) is 5.68. The molecule has 1 atom stereocenters. The lowest BCUT2D eigenvalue weighted by Gasteiger charge is -2.31. The highest BCUT2D eigenvalue weighted by atomic mass is 35.5. The molecule has 13 heteroatoms. The van der Waals surface area contributed by atoms with E-state index in [4.69, 9.17) is 26.2 Å². The smallest absolute Gasteiger partial charge is 0.326 e. The Morgan fingerprint density at radius 1 is 1.06 bits per heavy atom. The Hall–Kier alpha value is -5.36. The lowest BCUT2D eigenvalue weighted by molar-refractivity contribution is -0.145. The molecular weight excluding hydrogens is 640 g/mol. The molecule has 0 aliphatic carbocycles. The molecule has 250 valence electrons. The zero-order valence-electron chi connectivity index (χ0n) is 26.4. The maximum Gasteiger partial charge on any atom is 0.326 e. The molecule has 3 N–H and O–H groups in total. The number of ether oxygens (including phenoxy) is 2. The Balaban J connectivity index is 1.26. The van der Waals surface area contributed by atoms with E-state index in [2.05, 4.69) is 10.4 Å². The van der Waals surface area contributed by atoms with E-state index in [1.807, 2.05) is 50.2 Å². The van der Waals surface area contributed by atoms with Crippen molar-refractivity contribution in [3.8, 4) is 22.6 Å². The number of nitrogens with zero attached hydrogens (tertiary/aromatic N) is 3. The van der Waals surface area contributed by atoms with Gasteiger partial charge in [0.15, 0.2) is 5.75 Å². The number of rotatable bonds is 13. The summed E-state index contributed by atoms with van der Waals surface area (Å²) in [5.74, 6) is -2.26. The van der Waals surface area contributed by atoms with Gasteiger partial charge < -0.3 is 29.9 Å². The van der Waals surface area contributed by atoms with Gasteiger partial charge in [-0.2, -0.15) is 5.10 Å². The summed E-state index contributed by atoms with van der Waals surface area (Å²) >= 11 is 6.55. The number of fused-ring (bicyclic) bond motifs is 1. The number of amides is 2. The molecule has 0 fully saturated rings. The van der Waals surface area contributed by atoms with Gasteiger partial charge in [0.1, 0.15) is 18.4 Å². The number of aromatic nitrogens is 2. The van der Waals surface area contributed by atoms with Crippen LogP contribution in [-0.2, 0) is 20.9 Å². The van der Waals surface area contributed by atoms with Gasteiger partial charge in [0.25, 0.3) is 5.91 Å². The Labute approximate surface area is 281 Å². The number of carbonyl (C=O) groups excluding carboxylic acids is 2. The lowest BCUT2D eigenvalue weighted by Crippen LogP contribution is -2.42. The van der Waals surface area contributed by atoms with Crippen molar-refractivity contribution in [3.63, 3.8) is 0 Å². The second-order valence-corrected chi connectivity index (χ2v) is 11.7. The zero-order chi connectivity index (χ0) is 34.4. The predicted octanol–water partition coefficient (Wildman–Crippen LogP) is 5.11. The molecule has 5 rings (SSSR count). The molecule has 1 unspecified atom stereocenters. The molecule has 2 amide bonds. The van der Waals surface area contributed by atoms with Gasteiger partial charge in [-0.1, -0.05) is 48.0 Å². The fourth-order valence-electron chi connectivity index (χ4n) is 5.41. The first kappa shape index (κ1) is 34.0. The van der Waals surface area contributed by atoms with Crippen molar-refractivity contribution < 1.29 is 38.9 Å². The number of benzene rings is 3. The number of halogens is 1. The van der Waals surface area contributed by atoms with Crippen LogP contribution < -0.4 is 19.7 Å². The zero-order valence-corrected chi connectivity index (χ0v) is 27.2. The molecule has 3 aromatic carbocycles. The first-order valence-electron chi connectivity index (χ1n) is 15.3. The van der Waals surface area contributed by atoms with Crippen LogP contribution in [0, 0.1) is 13.8 Å². The van der Waals surface area contributed by atoms with Crippen LogP contribution >= 0.6 is 11.6 Å².